The molecule has 1 aromatic rings. The van der Waals surface area contributed by atoms with Crippen LogP contribution in [0.4, 0.5) is 0 Å². The van der Waals surface area contributed by atoms with Gasteiger partial charge in [0.05, 0.1) is 0 Å². The number of allylic oxidation sites excluding steroid dienone is 1. The van der Waals surface area contributed by atoms with Crippen LogP contribution in [-0.4, -0.2) is 5.90 Å². The summed E-state index contributed by atoms with van der Waals surface area (Å²) in [6, 6.07) is 7.81. The molecule has 2 nitrogen and oxygen atoms in total. The Morgan fingerprint density at radius 2 is 2.29 bits per heavy atom. The van der Waals surface area contributed by atoms with E-state index in [4.69, 9.17) is 10.1 Å². The molecule has 0 saturated carbocycles. The van der Waals surface area contributed by atoms with Crippen molar-refractivity contribution in [2.75, 3.05) is 0 Å². The molecule has 2 atom stereocenters. The predicted molar refractivity (Wildman–Crippen MR) is 76.8 cm³/mol. The van der Waals surface area contributed by atoms with Crippen LogP contribution in [0.3, 0.4) is 0 Å². The lowest BCUT2D eigenvalue weighted by Crippen LogP contribution is -2.03. The fourth-order valence-corrected chi connectivity index (χ4v) is 1.54. The van der Waals surface area contributed by atoms with E-state index < -0.39 is 0 Å². The molecule has 0 bridgehead atoms. The van der Waals surface area contributed by atoms with Crippen molar-refractivity contribution in [1.29, 1.82) is 5.41 Å². The largest absolute Gasteiger partial charge is 0.440 e. The maximum Gasteiger partial charge on any atom is 0.211 e. The van der Waals surface area contributed by atoms with E-state index in [0.29, 0.717) is 5.92 Å². The van der Waals surface area contributed by atoms with Gasteiger partial charge >= 0.3 is 0 Å². The van der Waals surface area contributed by atoms with E-state index in [0.717, 1.165) is 18.3 Å². The van der Waals surface area contributed by atoms with Crippen molar-refractivity contribution in [2.45, 2.75) is 26.4 Å². The molecule has 0 aromatic heterocycles. The zero-order chi connectivity index (χ0) is 12.7. The monoisotopic (exact) mass is 249 g/mol. The van der Waals surface area contributed by atoms with Crippen molar-refractivity contribution in [3.05, 3.63) is 42.0 Å². The highest BCUT2D eigenvalue weighted by Crippen LogP contribution is 2.16. The van der Waals surface area contributed by atoms with Gasteiger partial charge in [-0.3, -0.25) is 5.41 Å². The van der Waals surface area contributed by atoms with Gasteiger partial charge in [0.25, 0.3) is 0 Å². The molecule has 0 amide bonds. The van der Waals surface area contributed by atoms with E-state index in [1.807, 2.05) is 30.3 Å². The minimum absolute atomic E-state index is 0.186. The Labute approximate surface area is 106 Å². The predicted octanol–water partition coefficient (Wildman–Crippen LogP) is 4.02. The number of nitrogens with one attached hydrogen (secondary N) is 1. The number of ether oxygens (including phenoxy) is 1. The van der Waals surface area contributed by atoms with Crippen LogP contribution < -0.4 is 4.74 Å². The van der Waals surface area contributed by atoms with Crippen molar-refractivity contribution in [3.63, 3.8) is 0 Å². The Kier molecular flexibility index (Phi) is 5.93. The molecular formula is C14H20NOP. The first-order chi connectivity index (χ1) is 8.15. The van der Waals surface area contributed by atoms with Crippen LogP contribution in [0.5, 0.6) is 5.75 Å². The number of rotatable bonds is 5. The molecule has 1 rings (SSSR count). The van der Waals surface area contributed by atoms with Gasteiger partial charge in [-0.1, -0.05) is 38.5 Å². The SMILES string of the molecule is CCC(C)/C=C\C(=N)Oc1cccc(CP)c1. The molecule has 0 aliphatic carbocycles. The molecule has 0 saturated heterocycles. The van der Waals surface area contributed by atoms with Gasteiger partial charge in [-0.25, -0.2) is 0 Å². The van der Waals surface area contributed by atoms with Crippen LogP contribution >= 0.6 is 9.24 Å². The summed E-state index contributed by atoms with van der Waals surface area (Å²) in [5, 5.41) is 7.71. The fourth-order valence-electron chi connectivity index (χ4n) is 1.28. The van der Waals surface area contributed by atoms with Gasteiger partial charge in [0.1, 0.15) is 5.75 Å². The normalized spacial score (nSPS) is 12.6. The summed E-state index contributed by atoms with van der Waals surface area (Å²) >= 11 is 0. The Bertz CT molecular complexity index is 401. The second kappa shape index (κ2) is 7.24. The van der Waals surface area contributed by atoms with E-state index in [9.17, 15) is 0 Å². The summed E-state index contributed by atoms with van der Waals surface area (Å²) in [4.78, 5) is 0. The van der Waals surface area contributed by atoms with Crippen molar-refractivity contribution in [3.8, 4) is 5.75 Å². The maximum absolute atomic E-state index is 7.71. The molecule has 0 aliphatic heterocycles. The molecule has 1 aromatic carbocycles. The van der Waals surface area contributed by atoms with Gasteiger partial charge in [0.15, 0.2) is 0 Å². The Hall–Kier alpha value is -1.14. The molecule has 17 heavy (non-hydrogen) atoms. The topological polar surface area (TPSA) is 33.1 Å². The van der Waals surface area contributed by atoms with Gasteiger partial charge < -0.3 is 4.74 Å². The van der Waals surface area contributed by atoms with Gasteiger partial charge in [-0.15, -0.1) is 9.24 Å². The second-order valence-electron chi connectivity index (χ2n) is 4.06. The van der Waals surface area contributed by atoms with Crippen LogP contribution in [0, 0.1) is 11.3 Å². The van der Waals surface area contributed by atoms with Crippen LogP contribution in [0.2, 0.25) is 0 Å². The third kappa shape index (κ3) is 5.14. The minimum Gasteiger partial charge on any atom is -0.440 e. The summed E-state index contributed by atoms with van der Waals surface area (Å²) in [6.07, 6.45) is 5.70. The van der Waals surface area contributed by atoms with E-state index in [1.165, 1.54) is 5.56 Å². The maximum atomic E-state index is 7.71. The number of hydrogen-bond donors (Lipinski definition) is 1. The highest BCUT2D eigenvalue weighted by atomic mass is 31.0. The highest BCUT2D eigenvalue weighted by molar-refractivity contribution is 7.15. The molecule has 0 aliphatic rings. The van der Waals surface area contributed by atoms with Crippen LogP contribution in [0.15, 0.2) is 36.4 Å². The smallest absolute Gasteiger partial charge is 0.211 e. The summed E-state index contributed by atoms with van der Waals surface area (Å²) < 4.78 is 5.44. The van der Waals surface area contributed by atoms with Crippen molar-refractivity contribution in [1.82, 2.24) is 0 Å². The first kappa shape index (κ1) is 13.9. The Balaban J connectivity index is 2.58. The van der Waals surface area contributed by atoms with Gasteiger partial charge in [0.2, 0.25) is 5.90 Å². The molecule has 0 fully saturated rings. The highest BCUT2D eigenvalue weighted by Gasteiger charge is 1.99. The van der Waals surface area contributed by atoms with Crippen molar-refractivity contribution >= 4 is 15.1 Å². The second-order valence-corrected chi connectivity index (χ2v) is 4.47. The third-order valence-electron chi connectivity index (χ3n) is 2.58. The number of hydrogen-bond acceptors (Lipinski definition) is 2. The Morgan fingerprint density at radius 1 is 1.53 bits per heavy atom. The average molecular weight is 249 g/mol. The Morgan fingerprint density at radius 3 is 2.94 bits per heavy atom. The van der Waals surface area contributed by atoms with Gasteiger partial charge in [-0.05, 0) is 35.9 Å². The molecule has 3 heteroatoms. The first-order valence-electron chi connectivity index (χ1n) is 5.89. The molecule has 1 N–H and O–H groups in total. The van der Waals surface area contributed by atoms with E-state index in [2.05, 4.69) is 23.1 Å². The van der Waals surface area contributed by atoms with E-state index >= 15 is 0 Å². The van der Waals surface area contributed by atoms with Gasteiger partial charge in [-0.2, -0.15) is 0 Å². The summed E-state index contributed by atoms with van der Waals surface area (Å²) in [5.41, 5.74) is 1.19. The minimum atomic E-state index is 0.186. The summed E-state index contributed by atoms with van der Waals surface area (Å²) in [5.74, 6) is 1.40. The molecule has 2 unspecified atom stereocenters. The van der Waals surface area contributed by atoms with Gasteiger partial charge in [0, 0.05) is 0 Å². The van der Waals surface area contributed by atoms with E-state index in [1.54, 1.807) is 6.08 Å². The average Bonchev–Trinajstić information content (AvgIpc) is 2.36. The lowest BCUT2D eigenvalue weighted by Gasteiger charge is -2.06. The number of benzene rings is 1. The molecule has 0 spiro atoms. The quantitative estimate of drug-likeness (QED) is 0.477. The zero-order valence-electron chi connectivity index (χ0n) is 10.4. The standard InChI is InChI=1S/C14H20NOP/c1-3-11(2)7-8-14(15)16-13-6-4-5-12(9-13)10-17/h4-9,11,15H,3,10,17H2,1-2H3/b8-7-,15-14?. The third-order valence-corrected chi connectivity index (χ3v) is 3.05. The fraction of sp³-hybridized carbons (Fsp3) is 0.357. The summed E-state index contributed by atoms with van der Waals surface area (Å²) in [6.45, 7) is 4.25. The van der Waals surface area contributed by atoms with Crippen molar-refractivity contribution in [2.24, 2.45) is 5.92 Å². The van der Waals surface area contributed by atoms with Crippen LogP contribution in [0.25, 0.3) is 0 Å². The van der Waals surface area contributed by atoms with Crippen LogP contribution in [-0.2, 0) is 6.16 Å². The summed E-state index contributed by atoms with van der Waals surface area (Å²) in [7, 11) is 2.68. The molecular weight excluding hydrogens is 229 g/mol. The lowest BCUT2D eigenvalue weighted by molar-refractivity contribution is 0.549. The molecule has 92 valence electrons. The van der Waals surface area contributed by atoms with Crippen molar-refractivity contribution < 1.29 is 4.74 Å². The lowest BCUT2D eigenvalue weighted by atomic mass is 10.1. The molecule has 0 heterocycles. The van der Waals surface area contributed by atoms with Crippen LogP contribution in [0.1, 0.15) is 25.8 Å². The van der Waals surface area contributed by atoms with E-state index in [-0.39, 0.29) is 5.90 Å². The first-order valence-corrected chi connectivity index (χ1v) is 6.71. The molecule has 0 radical (unpaired) electrons. The zero-order valence-corrected chi connectivity index (χ0v) is 11.6.